The minimum Gasteiger partial charge on any atom is -0.311 e. The molecule has 122 valence electrons. The van der Waals surface area contributed by atoms with Crippen LogP contribution in [0.2, 0.25) is 0 Å². The number of allylic oxidation sites excluding steroid dienone is 1. The summed E-state index contributed by atoms with van der Waals surface area (Å²) in [6.45, 7) is 16.9. The van der Waals surface area contributed by atoms with Gasteiger partial charge in [-0.15, -0.1) is 0 Å². The Morgan fingerprint density at radius 3 is 2.00 bits per heavy atom. The molecule has 0 N–H and O–H groups in total. The Kier molecular flexibility index (Phi) is 5.27. The van der Waals surface area contributed by atoms with E-state index in [9.17, 15) is 4.79 Å². The van der Waals surface area contributed by atoms with Gasteiger partial charge in [0.05, 0.1) is 0 Å². The lowest BCUT2D eigenvalue weighted by Gasteiger charge is -2.30. The zero-order valence-corrected chi connectivity index (χ0v) is 15.7. The monoisotopic (exact) mass is 301 g/mol. The number of carbonyl (C=O) groups excluding carboxylic acids is 1. The van der Waals surface area contributed by atoms with Gasteiger partial charge in [0.15, 0.2) is 0 Å². The van der Waals surface area contributed by atoms with Crippen molar-refractivity contribution in [3.05, 3.63) is 41.0 Å². The summed E-state index contributed by atoms with van der Waals surface area (Å²) in [7, 11) is 1.87. The maximum absolute atomic E-state index is 12.6. The van der Waals surface area contributed by atoms with Crippen molar-refractivity contribution in [3.63, 3.8) is 0 Å². The predicted molar refractivity (Wildman–Crippen MR) is 96.7 cm³/mol. The van der Waals surface area contributed by atoms with Crippen LogP contribution in [0.5, 0.6) is 0 Å². The van der Waals surface area contributed by atoms with E-state index < -0.39 is 0 Å². The third-order valence-corrected chi connectivity index (χ3v) is 4.11. The topological polar surface area (TPSA) is 20.3 Å². The number of hydrogen-bond donors (Lipinski definition) is 0. The molecule has 1 rings (SSSR count). The fourth-order valence-electron chi connectivity index (χ4n) is 2.41. The van der Waals surface area contributed by atoms with Crippen LogP contribution in [0.15, 0.2) is 29.8 Å². The van der Waals surface area contributed by atoms with Crippen molar-refractivity contribution in [2.24, 2.45) is 0 Å². The van der Waals surface area contributed by atoms with Crippen molar-refractivity contribution in [1.29, 1.82) is 0 Å². The summed E-state index contributed by atoms with van der Waals surface area (Å²) in [5.74, 6) is 0.0547. The minimum absolute atomic E-state index is 0.00980. The van der Waals surface area contributed by atoms with E-state index in [0.29, 0.717) is 0 Å². The van der Waals surface area contributed by atoms with Crippen LogP contribution >= 0.6 is 0 Å². The Morgan fingerprint density at radius 1 is 1.05 bits per heavy atom. The highest BCUT2D eigenvalue weighted by atomic mass is 16.2. The second-order valence-corrected chi connectivity index (χ2v) is 8.07. The predicted octanol–water partition coefficient (Wildman–Crippen LogP) is 5.21. The lowest BCUT2D eigenvalue weighted by molar-refractivity contribution is -0.114. The number of rotatable bonds is 2. The van der Waals surface area contributed by atoms with Gasteiger partial charge >= 0.3 is 0 Å². The van der Waals surface area contributed by atoms with Crippen LogP contribution in [0.3, 0.4) is 0 Å². The molecule has 0 fully saturated rings. The Balaban J connectivity index is 3.50. The molecule has 0 aliphatic rings. The molecule has 2 heteroatoms. The number of nitrogens with zero attached hydrogens (tertiary/aromatic N) is 1. The van der Waals surface area contributed by atoms with E-state index in [1.54, 1.807) is 4.90 Å². The van der Waals surface area contributed by atoms with E-state index in [1.807, 2.05) is 27.0 Å². The van der Waals surface area contributed by atoms with Gasteiger partial charge in [-0.05, 0) is 41.9 Å². The molecule has 0 saturated carbocycles. The highest BCUT2D eigenvalue weighted by Crippen LogP contribution is 2.35. The van der Waals surface area contributed by atoms with Crippen molar-refractivity contribution in [2.75, 3.05) is 11.9 Å². The van der Waals surface area contributed by atoms with Crippen LogP contribution in [-0.4, -0.2) is 13.0 Å². The number of carbonyl (C=O) groups is 1. The number of anilines is 1. The molecule has 0 aromatic heterocycles. The first-order chi connectivity index (χ1) is 9.89. The van der Waals surface area contributed by atoms with E-state index >= 15 is 0 Å². The SMILES string of the molecule is C/C=C(\C)C(=O)N(C)c1cc(C(C)(C)C)ccc1C(C)(C)C. The van der Waals surface area contributed by atoms with Crippen molar-refractivity contribution >= 4 is 11.6 Å². The van der Waals surface area contributed by atoms with Crippen LogP contribution in [0, 0.1) is 0 Å². The average molecular weight is 301 g/mol. The Labute approximate surface area is 136 Å². The maximum Gasteiger partial charge on any atom is 0.253 e. The van der Waals surface area contributed by atoms with Crippen LogP contribution < -0.4 is 4.90 Å². The molecule has 1 aromatic rings. The van der Waals surface area contributed by atoms with E-state index in [4.69, 9.17) is 0 Å². The molecule has 2 nitrogen and oxygen atoms in total. The van der Waals surface area contributed by atoms with Crippen LogP contribution in [0.4, 0.5) is 5.69 Å². The maximum atomic E-state index is 12.6. The number of hydrogen-bond acceptors (Lipinski definition) is 1. The molecule has 0 radical (unpaired) electrons. The zero-order valence-electron chi connectivity index (χ0n) is 15.7. The first-order valence-corrected chi connectivity index (χ1v) is 7.95. The first-order valence-electron chi connectivity index (χ1n) is 7.95. The summed E-state index contributed by atoms with van der Waals surface area (Å²) >= 11 is 0. The molecular weight excluding hydrogens is 270 g/mol. The van der Waals surface area contributed by atoms with Gasteiger partial charge in [0.2, 0.25) is 0 Å². The van der Waals surface area contributed by atoms with Gasteiger partial charge in [-0.25, -0.2) is 0 Å². The number of likely N-dealkylation sites (N-methyl/N-ethyl adjacent to an activating group) is 1. The van der Waals surface area contributed by atoms with Crippen molar-refractivity contribution in [3.8, 4) is 0 Å². The fraction of sp³-hybridized carbons (Fsp3) is 0.550. The average Bonchev–Trinajstić information content (AvgIpc) is 2.42. The lowest BCUT2D eigenvalue weighted by atomic mass is 9.81. The largest absolute Gasteiger partial charge is 0.311 e. The molecule has 0 atom stereocenters. The Morgan fingerprint density at radius 2 is 1.59 bits per heavy atom. The van der Waals surface area contributed by atoms with Gasteiger partial charge in [0, 0.05) is 18.3 Å². The van der Waals surface area contributed by atoms with Gasteiger partial charge in [-0.1, -0.05) is 59.8 Å². The molecular formula is C20H31NO. The summed E-state index contributed by atoms with van der Waals surface area (Å²) < 4.78 is 0. The van der Waals surface area contributed by atoms with Crippen LogP contribution in [0.25, 0.3) is 0 Å². The van der Waals surface area contributed by atoms with Gasteiger partial charge in [0.25, 0.3) is 5.91 Å². The van der Waals surface area contributed by atoms with Crippen LogP contribution in [0.1, 0.15) is 66.5 Å². The number of amides is 1. The smallest absolute Gasteiger partial charge is 0.253 e. The standard InChI is InChI=1S/C20H31NO/c1-10-14(2)18(22)21(9)17-13-15(19(3,4)5)11-12-16(17)20(6,7)8/h10-13H,1-9H3/b14-10+. The van der Waals surface area contributed by atoms with Gasteiger partial charge < -0.3 is 4.90 Å². The molecule has 0 saturated heterocycles. The Hall–Kier alpha value is -1.57. The minimum atomic E-state index is -0.00980. The highest BCUT2D eigenvalue weighted by Gasteiger charge is 2.25. The summed E-state index contributed by atoms with van der Waals surface area (Å²) in [6, 6.07) is 6.52. The molecule has 0 aliphatic carbocycles. The molecule has 1 aromatic carbocycles. The normalized spacial score (nSPS) is 13.2. The quantitative estimate of drug-likeness (QED) is 0.687. The third-order valence-electron chi connectivity index (χ3n) is 4.11. The first kappa shape index (κ1) is 18.5. The van der Waals surface area contributed by atoms with Crippen molar-refractivity contribution in [2.45, 2.75) is 66.2 Å². The second-order valence-electron chi connectivity index (χ2n) is 8.07. The molecule has 0 unspecified atom stereocenters. The van der Waals surface area contributed by atoms with E-state index in [-0.39, 0.29) is 16.7 Å². The van der Waals surface area contributed by atoms with E-state index in [2.05, 4.69) is 59.7 Å². The molecule has 1 amide bonds. The van der Waals surface area contributed by atoms with Gasteiger partial charge in [-0.3, -0.25) is 4.79 Å². The van der Waals surface area contributed by atoms with Crippen LogP contribution in [-0.2, 0) is 15.6 Å². The molecule has 0 bridgehead atoms. The lowest BCUT2D eigenvalue weighted by Crippen LogP contribution is -2.30. The summed E-state index contributed by atoms with van der Waals surface area (Å²) in [4.78, 5) is 14.4. The Bertz CT molecular complexity index is 583. The van der Waals surface area contributed by atoms with Crippen molar-refractivity contribution < 1.29 is 4.79 Å². The second kappa shape index (κ2) is 6.28. The molecule has 0 spiro atoms. The third kappa shape index (κ3) is 4.00. The van der Waals surface area contributed by atoms with E-state index in [0.717, 1.165) is 11.3 Å². The fourth-order valence-corrected chi connectivity index (χ4v) is 2.41. The molecule has 22 heavy (non-hydrogen) atoms. The summed E-state index contributed by atoms with van der Waals surface area (Å²) in [5.41, 5.74) is 4.26. The van der Waals surface area contributed by atoms with Gasteiger partial charge in [-0.2, -0.15) is 0 Å². The number of benzene rings is 1. The zero-order chi connectivity index (χ0) is 17.3. The van der Waals surface area contributed by atoms with E-state index in [1.165, 1.54) is 11.1 Å². The summed E-state index contributed by atoms with van der Waals surface area (Å²) in [5, 5.41) is 0. The summed E-state index contributed by atoms with van der Waals surface area (Å²) in [6.07, 6.45) is 1.86. The van der Waals surface area contributed by atoms with Gasteiger partial charge in [0.1, 0.15) is 0 Å². The van der Waals surface area contributed by atoms with Crippen molar-refractivity contribution in [1.82, 2.24) is 0 Å². The highest BCUT2D eigenvalue weighted by molar-refractivity contribution is 6.05. The molecule has 0 aliphatic heterocycles. The molecule has 0 heterocycles.